The largest absolute Gasteiger partial charge is 0.420 e. The normalized spacial score (nSPS) is 15.5. The van der Waals surface area contributed by atoms with E-state index in [-0.39, 0.29) is 11.9 Å². The summed E-state index contributed by atoms with van der Waals surface area (Å²) in [5.74, 6) is -0.471. The summed E-state index contributed by atoms with van der Waals surface area (Å²) >= 11 is 6.08. The monoisotopic (exact) mass is 398 g/mol. The van der Waals surface area contributed by atoms with Gasteiger partial charge in [-0.1, -0.05) is 11.6 Å². The van der Waals surface area contributed by atoms with E-state index in [0.29, 0.717) is 58.7 Å². The summed E-state index contributed by atoms with van der Waals surface area (Å²) in [6, 6.07) is 10.2. The predicted molar refractivity (Wildman–Crippen MR) is 101 cm³/mol. The fourth-order valence-electron chi connectivity index (χ4n) is 3.78. The number of piperidine rings is 1. The molecular formula is C19H15ClN4O4. The predicted octanol–water partition coefficient (Wildman–Crippen LogP) is 3.26. The molecule has 2 aromatic carbocycles. The van der Waals surface area contributed by atoms with Gasteiger partial charge in [0.15, 0.2) is 5.58 Å². The lowest BCUT2D eigenvalue weighted by molar-refractivity contribution is 0.0694. The molecule has 1 fully saturated rings. The molecule has 5 rings (SSSR count). The first-order valence-electron chi connectivity index (χ1n) is 8.92. The van der Waals surface area contributed by atoms with Gasteiger partial charge in [0.05, 0.1) is 5.52 Å². The molecule has 1 aliphatic rings. The molecule has 8 nitrogen and oxygen atoms in total. The van der Waals surface area contributed by atoms with Crippen LogP contribution in [0.2, 0.25) is 5.02 Å². The molecule has 1 amide bonds. The molecule has 0 bridgehead atoms. The number of benzene rings is 2. The van der Waals surface area contributed by atoms with Crippen LogP contribution in [-0.4, -0.2) is 38.8 Å². The zero-order valence-corrected chi connectivity index (χ0v) is 15.4. The summed E-state index contributed by atoms with van der Waals surface area (Å²) < 4.78 is 11.7. The third kappa shape index (κ3) is 2.77. The van der Waals surface area contributed by atoms with Crippen molar-refractivity contribution >= 4 is 39.6 Å². The maximum Gasteiger partial charge on any atom is 0.420 e. The van der Waals surface area contributed by atoms with E-state index < -0.39 is 5.76 Å². The highest BCUT2D eigenvalue weighted by Gasteiger charge is 2.27. The number of hydrogen-bond donors (Lipinski definition) is 0. The molecule has 2 aromatic heterocycles. The molecule has 142 valence electrons. The second kappa shape index (κ2) is 6.49. The number of fused-ring (bicyclic) bond motifs is 2. The number of hydrogen-bond acceptors (Lipinski definition) is 6. The van der Waals surface area contributed by atoms with Gasteiger partial charge in [0.2, 0.25) is 0 Å². The molecule has 0 saturated carbocycles. The number of halogens is 1. The van der Waals surface area contributed by atoms with Crippen LogP contribution in [0.3, 0.4) is 0 Å². The van der Waals surface area contributed by atoms with Crippen LogP contribution in [0.1, 0.15) is 29.2 Å². The molecule has 1 aliphatic heterocycles. The zero-order chi connectivity index (χ0) is 19.3. The maximum absolute atomic E-state index is 12.8. The number of oxazole rings is 1. The van der Waals surface area contributed by atoms with Crippen molar-refractivity contribution < 1.29 is 13.8 Å². The van der Waals surface area contributed by atoms with Crippen molar-refractivity contribution in [2.24, 2.45) is 0 Å². The van der Waals surface area contributed by atoms with Crippen molar-refractivity contribution in [3.05, 3.63) is 57.5 Å². The number of carbonyl (C=O) groups is 1. The minimum atomic E-state index is -0.397. The Morgan fingerprint density at radius 2 is 1.86 bits per heavy atom. The Kier molecular flexibility index (Phi) is 3.94. The van der Waals surface area contributed by atoms with Gasteiger partial charge in [-0.25, -0.2) is 9.42 Å². The summed E-state index contributed by atoms with van der Waals surface area (Å²) in [7, 11) is 0. The van der Waals surface area contributed by atoms with Crippen LogP contribution in [0.15, 0.2) is 50.2 Å². The first kappa shape index (κ1) is 17.0. The van der Waals surface area contributed by atoms with Crippen LogP contribution < -0.4 is 5.76 Å². The van der Waals surface area contributed by atoms with E-state index in [2.05, 4.69) is 14.9 Å². The Hall–Kier alpha value is -3.13. The van der Waals surface area contributed by atoms with E-state index in [0.717, 1.165) is 0 Å². The van der Waals surface area contributed by atoms with Crippen molar-refractivity contribution in [1.82, 2.24) is 19.8 Å². The molecule has 0 aliphatic carbocycles. The summed E-state index contributed by atoms with van der Waals surface area (Å²) in [6.07, 6.45) is 1.31. The van der Waals surface area contributed by atoms with Crippen molar-refractivity contribution in [3.8, 4) is 0 Å². The van der Waals surface area contributed by atoms with E-state index in [9.17, 15) is 9.59 Å². The summed E-state index contributed by atoms with van der Waals surface area (Å²) in [4.78, 5) is 26.9. The molecule has 28 heavy (non-hydrogen) atoms. The second-order valence-electron chi connectivity index (χ2n) is 6.84. The van der Waals surface area contributed by atoms with E-state index in [1.807, 2.05) is 0 Å². The Balaban J connectivity index is 1.36. The fraction of sp³-hybridized carbons (Fsp3) is 0.263. The Labute approximate surface area is 163 Å². The standard InChI is InChI=1S/C19H15ClN4O4/c20-12-2-4-17-16(10-12)24(19(26)27-17)13-5-7-23(8-6-13)18(25)11-1-3-14-15(9-11)22-28-21-14/h1-4,9-10,13H,5-8H2. The number of amides is 1. The first-order valence-corrected chi connectivity index (χ1v) is 9.30. The van der Waals surface area contributed by atoms with E-state index in [4.69, 9.17) is 16.0 Å². The Bertz CT molecular complexity index is 1250. The van der Waals surface area contributed by atoms with Gasteiger partial charge in [0, 0.05) is 29.7 Å². The average Bonchev–Trinajstić information content (AvgIpc) is 3.30. The Morgan fingerprint density at radius 1 is 1.07 bits per heavy atom. The number of aromatic nitrogens is 3. The van der Waals surface area contributed by atoms with Crippen LogP contribution in [0.25, 0.3) is 22.1 Å². The van der Waals surface area contributed by atoms with Crippen LogP contribution in [-0.2, 0) is 0 Å². The number of rotatable bonds is 2. The number of likely N-dealkylation sites (tertiary alicyclic amines) is 1. The molecular weight excluding hydrogens is 384 g/mol. The molecule has 0 atom stereocenters. The van der Waals surface area contributed by atoms with Crippen molar-refractivity contribution in [1.29, 1.82) is 0 Å². The van der Waals surface area contributed by atoms with Gasteiger partial charge in [0.1, 0.15) is 11.0 Å². The van der Waals surface area contributed by atoms with Crippen LogP contribution in [0.5, 0.6) is 0 Å². The van der Waals surface area contributed by atoms with Crippen molar-refractivity contribution in [3.63, 3.8) is 0 Å². The van der Waals surface area contributed by atoms with Crippen LogP contribution in [0, 0.1) is 0 Å². The van der Waals surface area contributed by atoms with E-state index >= 15 is 0 Å². The van der Waals surface area contributed by atoms with Crippen molar-refractivity contribution in [2.75, 3.05) is 13.1 Å². The molecule has 1 saturated heterocycles. The van der Waals surface area contributed by atoms with Gasteiger partial charge in [0.25, 0.3) is 5.91 Å². The summed E-state index contributed by atoms with van der Waals surface area (Å²) in [5, 5.41) is 8.08. The topological polar surface area (TPSA) is 94.4 Å². The third-order valence-electron chi connectivity index (χ3n) is 5.19. The molecule has 0 unspecified atom stereocenters. The van der Waals surface area contributed by atoms with Gasteiger partial charge < -0.3 is 9.32 Å². The highest BCUT2D eigenvalue weighted by Crippen LogP contribution is 2.28. The summed E-state index contributed by atoms with van der Waals surface area (Å²) in [6.45, 7) is 1.08. The lowest BCUT2D eigenvalue weighted by Gasteiger charge is -2.32. The second-order valence-corrected chi connectivity index (χ2v) is 7.28. The van der Waals surface area contributed by atoms with Gasteiger partial charge in [-0.2, -0.15) is 0 Å². The zero-order valence-electron chi connectivity index (χ0n) is 14.7. The molecule has 4 aromatic rings. The number of carbonyl (C=O) groups excluding carboxylic acids is 1. The molecule has 0 N–H and O–H groups in total. The summed E-state index contributed by atoms with van der Waals surface area (Å²) in [5.41, 5.74) is 2.90. The van der Waals surface area contributed by atoms with Gasteiger partial charge >= 0.3 is 5.76 Å². The Morgan fingerprint density at radius 3 is 2.68 bits per heavy atom. The van der Waals surface area contributed by atoms with Gasteiger partial charge in [-0.15, -0.1) is 0 Å². The van der Waals surface area contributed by atoms with Crippen LogP contribution >= 0.6 is 11.6 Å². The van der Waals surface area contributed by atoms with Gasteiger partial charge in [-0.05, 0) is 59.6 Å². The average molecular weight is 399 g/mol. The quantitative estimate of drug-likeness (QED) is 0.514. The van der Waals surface area contributed by atoms with Crippen molar-refractivity contribution in [2.45, 2.75) is 18.9 Å². The maximum atomic E-state index is 12.8. The lowest BCUT2D eigenvalue weighted by Crippen LogP contribution is -2.40. The van der Waals surface area contributed by atoms with Gasteiger partial charge in [-0.3, -0.25) is 9.36 Å². The molecule has 3 heterocycles. The minimum Gasteiger partial charge on any atom is -0.408 e. The highest BCUT2D eigenvalue weighted by atomic mass is 35.5. The van der Waals surface area contributed by atoms with E-state index in [1.165, 1.54) is 0 Å². The highest BCUT2D eigenvalue weighted by molar-refractivity contribution is 6.31. The molecule has 0 spiro atoms. The smallest absolute Gasteiger partial charge is 0.408 e. The van der Waals surface area contributed by atoms with E-state index in [1.54, 1.807) is 45.9 Å². The fourth-order valence-corrected chi connectivity index (χ4v) is 3.94. The number of nitrogens with zero attached hydrogens (tertiary/aromatic N) is 4. The third-order valence-corrected chi connectivity index (χ3v) is 5.43. The molecule has 9 heteroatoms. The lowest BCUT2D eigenvalue weighted by atomic mass is 10.0. The minimum absolute atomic E-state index is 0.0431. The molecule has 0 radical (unpaired) electrons. The first-order chi connectivity index (χ1) is 13.6. The van der Waals surface area contributed by atoms with Crippen LogP contribution in [0.4, 0.5) is 0 Å². The SMILES string of the molecule is O=C(c1ccc2nonc2c1)N1CCC(n2c(=O)oc3ccc(Cl)cc32)CC1.